The maximum absolute atomic E-state index is 7.74. The molecule has 1 fully saturated rings. The number of hydrogen-bond acceptors (Lipinski definition) is 4. The summed E-state index contributed by atoms with van der Waals surface area (Å²) in [5.74, 6) is 1.96. The quantitative estimate of drug-likeness (QED) is 0.350. The molecule has 6 nitrogen and oxygen atoms in total. The summed E-state index contributed by atoms with van der Waals surface area (Å²) in [6.07, 6.45) is 2.07. The van der Waals surface area contributed by atoms with Crippen LogP contribution in [-0.2, 0) is 6.54 Å². The standard InChI is InChI=1S/C28H27N5O/c1-30-27-26(22-14-16-25(17-15-22)34-24-12-6-3-7-13-24)31-33(28(27)29)23-11-8-18-32(20-23)19-21-9-4-2-5-10-21/h2-7,9-10,12-17,23H,8,11,18-20,29H2/t23-/m1/s1. The van der Waals surface area contributed by atoms with Crippen LogP contribution in [0.15, 0.2) is 84.9 Å². The molecule has 0 saturated carbocycles. The Morgan fingerprint density at radius 1 is 0.941 bits per heavy atom. The first-order chi connectivity index (χ1) is 16.7. The highest BCUT2D eigenvalue weighted by Crippen LogP contribution is 2.38. The lowest BCUT2D eigenvalue weighted by Crippen LogP contribution is -2.36. The Hall–Kier alpha value is -4.08. The molecule has 5 rings (SSSR count). The van der Waals surface area contributed by atoms with E-state index in [1.54, 1.807) is 0 Å². The van der Waals surface area contributed by atoms with E-state index in [1.807, 2.05) is 65.3 Å². The highest BCUT2D eigenvalue weighted by atomic mass is 16.5. The van der Waals surface area contributed by atoms with Crippen molar-refractivity contribution in [2.45, 2.75) is 25.4 Å². The minimum absolute atomic E-state index is 0.146. The molecule has 0 unspecified atom stereocenters. The van der Waals surface area contributed by atoms with E-state index < -0.39 is 0 Å². The highest BCUT2D eigenvalue weighted by molar-refractivity contribution is 5.83. The molecule has 0 amide bonds. The fraction of sp³-hybridized carbons (Fsp3) is 0.214. The molecule has 1 saturated heterocycles. The number of likely N-dealkylation sites (tertiary alicyclic amines) is 1. The topological polar surface area (TPSA) is 60.7 Å². The molecular weight excluding hydrogens is 422 g/mol. The van der Waals surface area contributed by atoms with Crippen LogP contribution in [0.4, 0.5) is 11.5 Å². The summed E-state index contributed by atoms with van der Waals surface area (Å²) in [5, 5.41) is 4.84. The summed E-state index contributed by atoms with van der Waals surface area (Å²) < 4.78 is 7.76. The molecule has 170 valence electrons. The van der Waals surface area contributed by atoms with Crippen molar-refractivity contribution >= 4 is 11.5 Å². The van der Waals surface area contributed by atoms with Gasteiger partial charge in [-0.1, -0.05) is 60.7 Å². The summed E-state index contributed by atoms with van der Waals surface area (Å²) in [5.41, 5.74) is 9.65. The van der Waals surface area contributed by atoms with E-state index in [9.17, 15) is 0 Å². The number of piperidine rings is 1. The van der Waals surface area contributed by atoms with Gasteiger partial charge in [0.05, 0.1) is 12.6 Å². The van der Waals surface area contributed by atoms with E-state index in [0.717, 1.165) is 49.5 Å². The number of hydrogen-bond donors (Lipinski definition) is 1. The maximum atomic E-state index is 7.74. The molecule has 0 spiro atoms. The number of aromatic nitrogens is 2. The van der Waals surface area contributed by atoms with Crippen molar-refractivity contribution in [3.63, 3.8) is 0 Å². The average molecular weight is 450 g/mol. The lowest BCUT2D eigenvalue weighted by Gasteiger charge is -2.33. The fourth-order valence-corrected chi connectivity index (χ4v) is 4.54. The number of para-hydroxylation sites is 1. The summed E-state index contributed by atoms with van der Waals surface area (Å²) in [4.78, 5) is 6.18. The van der Waals surface area contributed by atoms with Crippen molar-refractivity contribution in [1.82, 2.24) is 14.7 Å². The molecule has 0 aliphatic carbocycles. The predicted octanol–water partition coefficient (Wildman–Crippen LogP) is 6.31. The van der Waals surface area contributed by atoms with Crippen molar-refractivity contribution in [1.29, 1.82) is 0 Å². The number of benzene rings is 3. The Morgan fingerprint density at radius 3 is 2.32 bits per heavy atom. The Bertz CT molecular complexity index is 1280. The zero-order valence-electron chi connectivity index (χ0n) is 19.0. The van der Waals surface area contributed by atoms with Gasteiger partial charge in [0.25, 0.3) is 5.69 Å². The molecule has 1 aliphatic heterocycles. The summed E-state index contributed by atoms with van der Waals surface area (Å²) in [7, 11) is 0. The van der Waals surface area contributed by atoms with E-state index in [4.69, 9.17) is 22.1 Å². The normalized spacial score (nSPS) is 16.1. The van der Waals surface area contributed by atoms with Gasteiger partial charge in [0.2, 0.25) is 0 Å². The third-order valence-electron chi connectivity index (χ3n) is 6.22. The Morgan fingerprint density at radius 2 is 1.62 bits per heavy atom. The molecule has 0 radical (unpaired) electrons. The van der Waals surface area contributed by atoms with Crippen molar-refractivity contribution in [3.05, 3.63) is 102 Å². The van der Waals surface area contributed by atoms with Crippen LogP contribution in [0.5, 0.6) is 11.5 Å². The maximum Gasteiger partial charge on any atom is 0.254 e. The zero-order valence-corrected chi connectivity index (χ0v) is 19.0. The van der Waals surface area contributed by atoms with E-state index in [0.29, 0.717) is 17.2 Å². The van der Waals surface area contributed by atoms with Gasteiger partial charge in [-0.05, 0) is 54.8 Å². The highest BCUT2D eigenvalue weighted by Gasteiger charge is 2.27. The van der Waals surface area contributed by atoms with Gasteiger partial charge in [0.15, 0.2) is 0 Å². The van der Waals surface area contributed by atoms with Gasteiger partial charge in [-0.3, -0.25) is 9.58 Å². The number of nitrogens with zero attached hydrogens (tertiary/aromatic N) is 4. The number of nitrogens with two attached hydrogens (primary N) is 1. The zero-order chi connectivity index (χ0) is 23.3. The molecule has 34 heavy (non-hydrogen) atoms. The van der Waals surface area contributed by atoms with Crippen LogP contribution >= 0.6 is 0 Å². The second-order valence-electron chi connectivity index (χ2n) is 8.60. The van der Waals surface area contributed by atoms with Crippen LogP contribution in [0, 0.1) is 6.57 Å². The number of nitrogen functional groups attached to an aromatic ring is 1. The first-order valence-corrected chi connectivity index (χ1v) is 11.6. The first-order valence-electron chi connectivity index (χ1n) is 11.6. The number of anilines is 1. The summed E-state index contributed by atoms with van der Waals surface area (Å²) >= 11 is 0. The largest absolute Gasteiger partial charge is 0.457 e. The van der Waals surface area contributed by atoms with Crippen LogP contribution in [0.2, 0.25) is 0 Å². The molecular formula is C28H27N5O. The van der Waals surface area contributed by atoms with Gasteiger partial charge in [-0.15, -0.1) is 0 Å². The van der Waals surface area contributed by atoms with Crippen LogP contribution in [0.1, 0.15) is 24.4 Å². The van der Waals surface area contributed by atoms with E-state index >= 15 is 0 Å². The molecule has 2 N–H and O–H groups in total. The smallest absolute Gasteiger partial charge is 0.254 e. The second kappa shape index (κ2) is 9.82. The minimum Gasteiger partial charge on any atom is -0.457 e. The van der Waals surface area contributed by atoms with Crippen LogP contribution in [0.25, 0.3) is 16.1 Å². The molecule has 0 bridgehead atoms. The minimum atomic E-state index is 0.146. The molecule has 4 aromatic rings. The number of ether oxygens (including phenoxy) is 1. The predicted molar refractivity (Wildman–Crippen MR) is 135 cm³/mol. The van der Waals surface area contributed by atoms with Crippen LogP contribution in [0.3, 0.4) is 0 Å². The Labute approximate surface area is 200 Å². The molecule has 1 aliphatic rings. The van der Waals surface area contributed by atoms with E-state index in [-0.39, 0.29) is 6.04 Å². The molecule has 6 heteroatoms. The van der Waals surface area contributed by atoms with E-state index in [1.165, 1.54) is 5.56 Å². The Balaban J connectivity index is 1.36. The van der Waals surface area contributed by atoms with Crippen molar-refractivity contribution in [2.24, 2.45) is 0 Å². The van der Waals surface area contributed by atoms with Gasteiger partial charge in [-0.25, -0.2) is 4.85 Å². The average Bonchev–Trinajstić information content (AvgIpc) is 3.22. The lowest BCUT2D eigenvalue weighted by molar-refractivity contribution is 0.164. The van der Waals surface area contributed by atoms with Gasteiger partial charge in [0, 0.05) is 13.1 Å². The molecule has 2 heterocycles. The van der Waals surface area contributed by atoms with Crippen molar-refractivity contribution < 1.29 is 4.74 Å². The van der Waals surface area contributed by atoms with Crippen molar-refractivity contribution in [2.75, 3.05) is 18.8 Å². The van der Waals surface area contributed by atoms with E-state index in [2.05, 4.69) is 34.0 Å². The van der Waals surface area contributed by atoms with Gasteiger partial charge in [0.1, 0.15) is 23.0 Å². The molecule has 3 aromatic carbocycles. The molecule has 1 aromatic heterocycles. The van der Waals surface area contributed by atoms with Crippen molar-refractivity contribution in [3.8, 4) is 22.8 Å². The van der Waals surface area contributed by atoms with Gasteiger partial charge < -0.3 is 10.5 Å². The third kappa shape index (κ3) is 4.66. The van der Waals surface area contributed by atoms with Gasteiger partial charge >= 0.3 is 0 Å². The Kier molecular flexibility index (Phi) is 6.28. The van der Waals surface area contributed by atoms with Crippen LogP contribution < -0.4 is 10.5 Å². The summed E-state index contributed by atoms with van der Waals surface area (Å²) in [6.45, 7) is 10.6. The summed E-state index contributed by atoms with van der Waals surface area (Å²) in [6, 6.07) is 28.0. The fourth-order valence-electron chi connectivity index (χ4n) is 4.54. The number of rotatable bonds is 6. The third-order valence-corrected chi connectivity index (χ3v) is 6.22. The van der Waals surface area contributed by atoms with Crippen LogP contribution in [-0.4, -0.2) is 27.8 Å². The first kappa shape index (κ1) is 21.7. The van der Waals surface area contributed by atoms with Gasteiger partial charge in [-0.2, -0.15) is 5.10 Å². The SMILES string of the molecule is [C-]#[N+]c1c(-c2ccc(Oc3ccccc3)cc2)nn([C@@H]2CCCN(Cc3ccccc3)C2)c1N. The monoisotopic (exact) mass is 449 g/mol. The second-order valence-corrected chi connectivity index (χ2v) is 8.60. The lowest BCUT2D eigenvalue weighted by atomic mass is 10.0. The molecule has 1 atom stereocenters.